The van der Waals surface area contributed by atoms with Gasteiger partial charge in [-0.15, -0.1) is 0 Å². The van der Waals surface area contributed by atoms with Gasteiger partial charge in [0.05, 0.1) is 0 Å². The molecule has 5 atom stereocenters. The van der Waals surface area contributed by atoms with Gasteiger partial charge < -0.3 is 35.4 Å². The van der Waals surface area contributed by atoms with Crippen LogP contribution in [0.15, 0.2) is 29.8 Å². The van der Waals surface area contributed by atoms with E-state index in [9.17, 15) is 30.5 Å². The van der Waals surface area contributed by atoms with Crippen LogP contribution in [0, 0.1) is 11.3 Å². The van der Waals surface area contributed by atoms with Crippen LogP contribution in [-0.4, -0.2) is 77.7 Å². The van der Waals surface area contributed by atoms with Crippen LogP contribution in [0.3, 0.4) is 0 Å². The first-order valence-corrected chi connectivity index (χ1v) is 8.29. The fourth-order valence-electron chi connectivity index (χ4n) is 2.57. The molecule has 0 aromatic heterocycles. The number of carbonyl (C=O) groups excluding carboxylic acids is 1. The monoisotopic (exact) mass is 377 g/mol. The summed E-state index contributed by atoms with van der Waals surface area (Å²) < 4.78 is 4.97. The molecule has 0 spiro atoms. The van der Waals surface area contributed by atoms with E-state index in [2.05, 4.69) is 5.32 Å². The van der Waals surface area contributed by atoms with Gasteiger partial charge in [0.15, 0.2) is 6.29 Å². The third-order valence-electron chi connectivity index (χ3n) is 4.24. The minimum absolute atomic E-state index is 0.154. The van der Waals surface area contributed by atoms with E-state index in [1.54, 1.807) is 12.1 Å². The number of nitrogens with zero attached hydrogens (tertiary/aromatic N) is 2. The van der Waals surface area contributed by atoms with Crippen molar-refractivity contribution in [1.29, 1.82) is 5.26 Å². The van der Waals surface area contributed by atoms with Crippen LogP contribution in [0.1, 0.15) is 5.56 Å². The average Bonchev–Trinajstić information content (AvgIpc) is 2.66. The summed E-state index contributed by atoms with van der Waals surface area (Å²) in [5, 5.41) is 50.1. The Morgan fingerprint density at radius 2 is 1.81 bits per heavy atom. The predicted molar refractivity (Wildman–Crippen MR) is 96.3 cm³/mol. The first-order chi connectivity index (χ1) is 12.7. The molecule has 27 heavy (non-hydrogen) atoms. The highest BCUT2D eigenvalue weighted by molar-refractivity contribution is 6.01. The van der Waals surface area contributed by atoms with Gasteiger partial charge in [-0.1, -0.05) is 12.1 Å². The van der Waals surface area contributed by atoms with Gasteiger partial charge in [-0.05, 0) is 23.8 Å². The molecule has 0 saturated carbocycles. The Morgan fingerprint density at radius 3 is 2.37 bits per heavy atom. The van der Waals surface area contributed by atoms with Crippen LogP contribution >= 0.6 is 0 Å². The zero-order valence-corrected chi connectivity index (χ0v) is 15.0. The minimum Gasteiger partial charge on any atom is -0.388 e. The summed E-state index contributed by atoms with van der Waals surface area (Å²) in [6.45, 7) is -0.264. The SMILES string of the molecule is CN(C)c1ccc(/C=C(\C#N)C(=O)NC[C@H]2OC(O)[C@H](O)[C@@H](O)[C@@H]2O)cc1. The molecule has 0 radical (unpaired) electrons. The van der Waals surface area contributed by atoms with Gasteiger partial charge in [-0.25, -0.2) is 0 Å². The van der Waals surface area contributed by atoms with Crippen molar-refractivity contribution in [3.8, 4) is 6.07 Å². The molecule has 5 N–H and O–H groups in total. The lowest BCUT2D eigenvalue weighted by atomic mass is 9.99. The van der Waals surface area contributed by atoms with E-state index in [4.69, 9.17) is 4.74 Å². The molecule has 1 fully saturated rings. The van der Waals surface area contributed by atoms with Crippen LogP contribution in [0.25, 0.3) is 6.08 Å². The van der Waals surface area contributed by atoms with Crippen LogP contribution < -0.4 is 10.2 Å². The number of aliphatic hydroxyl groups is 4. The summed E-state index contributed by atoms with van der Waals surface area (Å²) in [5.74, 6) is -0.694. The first kappa shape index (κ1) is 20.8. The van der Waals surface area contributed by atoms with Gasteiger partial charge >= 0.3 is 0 Å². The van der Waals surface area contributed by atoms with E-state index in [-0.39, 0.29) is 12.1 Å². The molecule has 1 aromatic carbocycles. The quantitative estimate of drug-likeness (QED) is 0.310. The van der Waals surface area contributed by atoms with E-state index in [1.807, 2.05) is 37.2 Å². The van der Waals surface area contributed by atoms with Crippen LogP contribution in [0.5, 0.6) is 0 Å². The molecular weight excluding hydrogens is 354 g/mol. The number of hydrogen-bond donors (Lipinski definition) is 5. The lowest BCUT2D eigenvalue weighted by Gasteiger charge is -2.38. The van der Waals surface area contributed by atoms with Crippen molar-refractivity contribution in [2.75, 3.05) is 25.5 Å². The molecule has 1 aliphatic rings. The molecule has 1 amide bonds. The summed E-state index contributed by atoms with van der Waals surface area (Å²) in [6.07, 6.45) is -6.17. The fourth-order valence-corrected chi connectivity index (χ4v) is 2.57. The number of aliphatic hydroxyl groups excluding tert-OH is 4. The number of rotatable bonds is 5. The Kier molecular flexibility index (Phi) is 6.90. The van der Waals surface area contributed by atoms with Crippen molar-refractivity contribution in [3.63, 3.8) is 0 Å². The highest BCUT2D eigenvalue weighted by atomic mass is 16.6. The number of hydrogen-bond acceptors (Lipinski definition) is 8. The van der Waals surface area contributed by atoms with E-state index in [1.165, 1.54) is 6.08 Å². The number of amides is 1. The third kappa shape index (κ3) is 5.03. The molecule has 146 valence electrons. The Balaban J connectivity index is 2.01. The average molecular weight is 377 g/mol. The van der Waals surface area contributed by atoms with Gasteiger partial charge in [0.2, 0.25) is 0 Å². The number of nitrogens with one attached hydrogen (secondary N) is 1. The molecule has 1 aromatic rings. The normalized spacial score (nSPS) is 28.3. The summed E-state index contributed by atoms with van der Waals surface area (Å²) in [6, 6.07) is 9.03. The van der Waals surface area contributed by atoms with Gasteiger partial charge in [-0.2, -0.15) is 5.26 Å². The zero-order chi connectivity index (χ0) is 20.1. The van der Waals surface area contributed by atoms with E-state index in [0.717, 1.165) is 5.69 Å². The molecule has 1 aliphatic heterocycles. The molecule has 1 heterocycles. The first-order valence-electron chi connectivity index (χ1n) is 8.29. The van der Waals surface area contributed by atoms with Crippen molar-refractivity contribution >= 4 is 17.7 Å². The summed E-state index contributed by atoms with van der Waals surface area (Å²) in [5.41, 5.74) is 1.48. The zero-order valence-electron chi connectivity index (χ0n) is 15.0. The number of benzene rings is 1. The number of ether oxygens (including phenoxy) is 1. The van der Waals surface area contributed by atoms with Gasteiger partial charge in [0.1, 0.15) is 36.1 Å². The van der Waals surface area contributed by atoms with Gasteiger partial charge in [-0.3, -0.25) is 4.79 Å². The summed E-state index contributed by atoms with van der Waals surface area (Å²) >= 11 is 0. The Morgan fingerprint density at radius 1 is 1.19 bits per heavy atom. The Labute approximate surface area is 156 Å². The molecular formula is C18H23N3O6. The standard InChI is InChI=1S/C18H23N3O6/c1-21(2)12-5-3-10(4-6-12)7-11(8-19)17(25)20-9-13-14(22)15(23)16(24)18(26)27-13/h3-7,13-16,18,22-24,26H,9H2,1-2H3,(H,20,25)/b11-7+/t13-,14-,15+,16-,18?/m1/s1. The summed E-state index contributed by atoms with van der Waals surface area (Å²) in [4.78, 5) is 14.1. The molecule has 1 unspecified atom stereocenters. The Hall–Kier alpha value is -2.48. The highest BCUT2D eigenvalue weighted by Crippen LogP contribution is 2.19. The second kappa shape index (κ2) is 8.94. The fraction of sp³-hybridized carbons (Fsp3) is 0.444. The van der Waals surface area contributed by atoms with E-state index in [0.29, 0.717) is 5.56 Å². The summed E-state index contributed by atoms with van der Waals surface area (Å²) in [7, 11) is 3.79. The van der Waals surface area contributed by atoms with Gasteiger partial charge in [0.25, 0.3) is 5.91 Å². The lowest BCUT2D eigenvalue weighted by Crippen LogP contribution is -2.60. The third-order valence-corrected chi connectivity index (χ3v) is 4.24. The molecule has 1 saturated heterocycles. The van der Waals surface area contributed by atoms with Crippen molar-refractivity contribution in [2.45, 2.75) is 30.7 Å². The second-order valence-electron chi connectivity index (χ2n) is 6.40. The van der Waals surface area contributed by atoms with Gasteiger partial charge in [0, 0.05) is 26.3 Å². The molecule has 0 aliphatic carbocycles. The Bertz CT molecular complexity index is 728. The van der Waals surface area contributed by atoms with Crippen molar-refractivity contribution in [1.82, 2.24) is 5.32 Å². The molecule has 2 rings (SSSR count). The number of nitriles is 1. The molecule has 9 nitrogen and oxygen atoms in total. The van der Waals surface area contributed by atoms with Crippen LogP contribution in [0.4, 0.5) is 5.69 Å². The largest absolute Gasteiger partial charge is 0.388 e. The number of carbonyl (C=O) groups is 1. The molecule has 9 heteroatoms. The minimum atomic E-state index is -1.69. The second-order valence-corrected chi connectivity index (χ2v) is 6.40. The number of anilines is 1. The van der Waals surface area contributed by atoms with E-state index >= 15 is 0 Å². The highest BCUT2D eigenvalue weighted by Gasteiger charge is 2.42. The smallest absolute Gasteiger partial charge is 0.262 e. The maximum absolute atomic E-state index is 12.2. The van der Waals surface area contributed by atoms with Crippen molar-refractivity contribution in [2.24, 2.45) is 0 Å². The topological polar surface area (TPSA) is 146 Å². The predicted octanol–water partition coefficient (Wildman–Crippen LogP) is -1.42. The maximum atomic E-state index is 12.2. The van der Waals surface area contributed by atoms with E-state index < -0.39 is 36.6 Å². The van der Waals surface area contributed by atoms with Crippen molar-refractivity contribution in [3.05, 3.63) is 35.4 Å². The van der Waals surface area contributed by atoms with Crippen LogP contribution in [-0.2, 0) is 9.53 Å². The van der Waals surface area contributed by atoms with Crippen LogP contribution in [0.2, 0.25) is 0 Å². The van der Waals surface area contributed by atoms with Crippen molar-refractivity contribution < 1.29 is 30.0 Å². The maximum Gasteiger partial charge on any atom is 0.262 e. The lowest BCUT2D eigenvalue weighted by molar-refractivity contribution is -0.280. The molecule has 0 bridgehead atoms.